The minimum atomic E-state index is 0. The van der Waals surface area contributed by atoms with E-state index in [0.717, 1.165) is 63.7 Å². The van der Waals surface area contributed by atoms with Gasteiger partial charge in [0.15, 0.2) is 5.96 Å². The van der Waals surface area contributed by atoms with E-state index >= 15 is 0 Å². The molecule has 160 valence electrons. The van der Waals surface area contributed by atoms with Gasteiger partial charge < -0.3 is 24.7 Å². The van der Waals surface area contributed by atoms with Crippen molar-refractivity contribution >= 4 is 35.6 Å². The molecule has 0 saturated carbocycles. The number of aromatic nitrogens is 1. The van der Waals surface area contributed by atoms with E-state index in [1.54, 1.807) is 13.4 Å². The predicted octanol–water partition coefficient (Wildman–Crippen LogP) is 2.93. The minimum Gasteiger partial charge on any atom is -0.469 e. The van der Waals surface area contributed by atoms with Crippen LogP contribution >= 0.6 is 24.0 Å². The number of aliphatic imine (C=N–C) groups is 1. The second-order valence-corrected chi connectivity index (χ2v) is 7.00. The average Bonchev–Trinajstić information content (AvgIpc) is 3.26. The van der Waals surface area contributed by atoms with Gasteiger partial charge >= 0.3 is 0 Å². The highest BCUT2D eigenvalue weighted by molar-refractivity contribution is 14.0. The number of piperidine rings is 1. The van der Waals surface area contributed by atoms with Crippen LogP contribution in [0.15, 0.2) is 52.3 Å². The number of pyridine rings is 1. The first-order valence-corrected chi connectivity index (χ1v) is 10.0. The number of nitrogens with one attached hydrogen (secondary N) is 2. The Bertz CT molecular complexity index is 688. The molecule has 2 aromatic rings. The van der Waals surface area contributed by atoms with Crippen molar-refractivity contribution in [1.29, 1.82) is 0 Å². The summed E-state index contributed by atoms with van der Waals surface area (Å²) in [6, 6.07) is 8.07. The van der Waals surface area contributed by atoms with E-state index in [-0.39, 0.29) is 24.0 Å². The van der Waals surface area contributed by atoms with Gasteiger partial charge in [0.1, 0.15) is 5.76 Å². The third kappa shape index (κ3) is 8.22. The summed E-state index contributed by atoms with van der Waals surface area (Å²) < 4.78 is 10.5. The van der Waals surface area contributed by atoms with Gasteiger partial charge in [-0.2, -0.15) is 0 Å². The van der Waals surface area contributed by atoms with Crippen molar-refractivity contribution in [2.45, 2.75) is 19.3 Å². The highest BCUT2D eigenvalue weighted by Gasteiger charge is 2.19. The maximum absolute atomic E-state index is 5.39. The molecule has 3 heterocycles. The second-order valence-electron chi connectivity index (χ2n) is 7.00. The molecule has 0 unspecified atom stereocenters. The number of methoxy groups -OCH3 is 1. The Morgan fingerprint density at radius 2 is 1.97 bits per heavy atom. The molecule has 0 atom stereocenters. The summed E-state index contributed by atoms with van der Waals surface area (Å²) in [5, 5.41) is 6.74. The summed E-state index contributed by atoms with van der Waals surface area (Å²) in [6.45, 7) is 5.16. The lowest BCUT2D eigenvalue weighted by Crippen LogP contribution is -2.41. The van der Waals surface area contributed by atoms with Gasteiger partial charge in [-0.05, 0) is 43.0 Å². The van der Waals surface area contributed by atoms with Crippen molar-refractivity contribution in [3.63, 3.8) is 0 Å². The van der Waals surface area contributed by atoms with Crippen LogP contribution in [0.5, 0.6) is 0 Å². The number of hydrogen-bond donors (Lipinski definition) is 2. The zero-order valence-electron chi connectivity index (χ0n) is 17.0. The van der Waals surface area contributed by atoms with Gasteiger partial charge in [-0.3, -0.25) is 9.98 Å². The van der Waals surface area contributed by atoms with Gasteiger partial charge in [0.25, 0.3) is 0 Å². The Morgan fingerprint density at radius 3 is 2.66 bits per heavy atom. The van der Waals surface area contributed by atoms with Gasteiger partial charge in [-0.15, -0.1) is 24.0 Å². The first-order valence-electron chi connectivity index (χ1n) is 10.0. The van der Waals surface area contributed by atoms with Crippen LogP contribution in [0.25, 0.3) is 0 Å². The fourth-order valence-corrected chi connectivity index (χ4v) is 3.35. The molecule has 7 nitrogen and oxygen atoms in total. The number of rotatable bonds is 9. The average molecular weight is 513 g/mol. The molecule has 0 spiro atoms. The van der Waals surface area contributed by atoms with E-state index in [9.17, 15) is 0 Å². The quantitative estimate of drug-likeness (QED) is 0.233. The lowest BCUT2D eigenvalue weighted by atomic mass is 9.97. The molecule has 8 heteroatoms. The lowest BCUT2D eigenvalue weighted by Gasteiger charge is -2.33. The van der Waals surface area contributed by atoms with Crippen LogP contribution in [0.2, 0.25) is 0 Å². The van der Waals surface area contributed by atoms with Crippen molar-refractivity contribution < 1.29 is 9.15 Å². The topological polar surface area (TPSA) is 74.9 Å². The Kier molecular flexibility index (Phi) is 10.9. The third-order valence-corrected chi connectivity index (χ3v) is 4.99. The Balaban J connectivity index is 0.00000300. The van der Waals surface area contributed by atoms with Crippen LogP contribution in [0.3, 0.4) is 0 Å². The smallest absolute Gasteiger partial charge is 0.191 e. The first kappa shape index (κ1) is 23.5. The Hall–Kier alpha value is -1.81. The largest absolute Gasteiger partial charge is 0.469 e. The maximum atomic E-state index is 5.39. The summed E-state index contributed by atoms with van der Waals surface area (Å²) in [4.78, 5) is 11.3. The SMILES string of the molecule is COCCNC(=NCC1CCN(c2ccncc2)CC1)NCCc1ccco1.I. The predicted molar refractivity (Wildman–Crippen MR) is 127 cm³/mol. The Labute approximate surface area is 190 Å². The molecular formula is C21H32IN5O2. The molecule has 1 saturated heterocycles. The van der Waals surface area contributed by atoms with E-state index in [4.69, 9.17) is 14.1 Å². The summed E-state index contributed by atoms with van der Waals surface area (Å²) in [7, 11) is 1.71. The van der Waals surface area contributed by atoms with Gasteiger partial charge in [0.2, 0.25) is 0 Å². The monoisotopic (exact) mass is 513 g/mol. The molecule has 1 fully saturated rings. The van der Waals surface area contributed by atoms with Crippen LogP contribution in [0.1, 0.15) is 18.6 Å². The van der Waals surface area contributed by atoms with E-state index in [0.29, 0.717) is 12.5 Å². The van der Waals surface area contributed by atoms with E-state index in [2.05, 4.69) is 32.7 Å². The van der Waals surface area contributed by atoms with E-state index in [1.165, 1.54) is 5.69 Å². The Morgan fingerprint density at radius 1 is 1.21 bits per heavy atom. The minimum absolute atomic E-state index is 0. The van der Waals surface area contributed by atoms with Crippen molar-refractivity contribution in [1.82, 2.24) is 15.6 Å². The fourth-order valence-electron chi connectivity index (χ4n) is 3.35. The second kappa shape index (κ2) is 13.4. The third-order valence-electron chi connectivity index (χ3n) is 4.99. The van der Waals surface area contributed by atoms with E-state index in [1.807, 2.05) is 24.5 Å². The van der Waals surface area contributed by atoms with Crippen molar-refractivity contribution in [2.24, 2.45) is 10.9 Å². The van der Waals surface area contributed by atoms with Crippen molar-refractivity contribution in [2.75, 3.05) is 51.3 Å². The van der Waals surface area contributed by atoms with Crippen molar-refractivity contribution in [3.05, 3.63) is 48.7 Å². The number of halogens is 1. The molecule has 0 radical (unpaired) electrons. The molecule has 0 aromatic carbocycles. The number of ether oxygens (including phenoxy) is 1. The molecule has 1 aliphatic heterocycles. The van der Waals surface area contributed by atoms with Crippen LogP contribution in [-0.2, 0) is 11.2 Å². The van der Waals surface area contributed by atoms with Gasteiger partial charge in [-0.25, -0.2) is 0 Å². The molecule has 2 N–H and O–H groups in total. The zero-order valence-corrected chi connectivity index (χ0v) is 19.4. The number of hydrogen-bond acceptors (Lipinski definition) is 5. The summed E-state index contributed by atoms with van der Waals surface area (Å²) in [5.41, 5.74) is 1.26. The zero-order chi connectivity index (χ0) is 19.4. The highest BCUT2D eigenvalue weighted by Crippen LogP contribution is 2.22. The van der Waals surface area contributed by atoms with Crippen LogP contribution in [-0.4, -0.2) is 57.4 Å². The fraction of sp³-hybridized carbons (Fsp3) is 0.524. The van der Waals surface area contributed by atoms with Crippen LogP contribution in [0.4, 0.5) is 5.69 Å². The molecular weight excluding hydrogens is 481 g/mol. The van der Waals surface area contributed by atoms with Crippen molar-refractivity contribution in [3.8, 4) is 0 Å². The molecule has 0 bridgehead atoms. The number of furan rings is 1. The summed E-state index contributed by atoms with van der Waals surface area (Å²) in [6.07, 6.45) is 8.57. The first-order chi connectivity index (χ1) is 13.8. The molecule has 0 amide bonds. The summed E-state index contributed by atoms with van der Waals surface area (Å²) >= 11 is 0. The molecule has 29 heavy (non-hydrogen) atoms. The number of guanidine groups is 1. The molecule has 3 rings (SSSR count). The summed E-state index contributed by atoms with van der Waals surface area (Å²) in [5.74, 6) is 2.44. The number of anilines is 1. The molecule has 1 aliphatic rings. The number of nitrogens with zero attached hydrogens (tertiary/aromatic N) is 3. The maximum Gasteiger partial charge on any atom is 0.191 e. The molecule has 2 aromatic heterocycles. The normalized spacial score (nSPS) is 15.1. The van der Waals surface area contributed by atoms with Crippen LogP contribution < -0.4 is 15.5 Å². The van der Waals surface area contributed by atoms with Gasteiger partial charge in [0.05, 0.1) is 12.9 Å². The molecule has 0 aliphatic carbocycles. The van der Waals surface area contributed by atoms with E-state index < -0.39 is 0 Å². The van der Waals surface area contributed by atoms with Gasteiger partial charge in [0, 0.05) is 64.3 Å². The standard InChI is InChI=1S/C21H31N5O2.HI/c1-27-16-12-24-21(23-11-6-20-3-2-15-28-20)25-17-18-7-13-26(14-8-18)19-4-9-22-10-5-19;/h2-5,9-10,15,18H,6-8,11-14,16-17H2,1H3,(H2,23,24,25);1H. The van der Waals surface area contributed by atoms with Gasteiger partial charge in [-0.1, -0.05) is 0 Å². The lowest BCUT2D eigenvalue weighted by molar-refractivity contribution is 0.203. The van der Waals surface area contributed by atoms with Crippen LogP contribution in [0, 0.1) is 5.92 Å². The highest BCUT2D eigenvalue weighted by atomic mass is 127.